The predicted molar refractivity (Wildman–Crippen MR) is 90.0 cm³/mol. The molecule has 0 saturated heterocycles. The first kappa shape index (κ1) is 16.5. The second kappa shape index (κ2) is 7.04. The summed E-state index contributed by atoms with van der Waals surface area (Å²) in [7, 11) is 0. The van der Waals surface area contributed by atoms with Gasteiger partial charge in [0, 0.05) is 17.0 Å². The Hall–Kier alpha value is -3.35. The molecule has 7 nitrogen and oxygen atoms in total. The van der Waals surface area contributed by atoms with E-state index in [9.17, 15) is 14.4 Å². The number of aromatic nitrogens is 1. The molecule has 3 aromatic rings. The van der Waals surface area contributed by atoms with Crippen LogP contribution in [-0.2, 0) is 16.1 Å². The van der Waals surface area contributed by atoms with Crippen molar-refractivity contribution in [1.82, 2.24) is 10.3 Å². The van der Waals surface area contributed by atoms with Gasteiger partial charge in [0.05, 0.1) is 18.4 Å². The summed E-state index contributed by atoms with van der Waals surface area (Å²) in [6.45, 7) is 1.66. The summed E-state index contributed by atoms with van der Waals surface area (Å²) < 4.78 is 10.3. The Morgan fingerprint density at radius 1 is 1.24 bits per heavy atom. The Kier molecular flexibility index (Phi) is 4.65. The first-order chi connectivity index (χ1) is 12.0. The lowest BCUT2D eigenvalue weighted by Crippen LogP contribution is -2.35. The van der Waals surface area contributed by atoms with E-state index in [0.29, 0.717) is 16.7 Å². The van der Waals surface area contributed by atoms with Gasteiger partial charge in [-0.3, -0.25) is 9.59 Å². The third-order valence-corrected chi connectivity index (χ3v) is 3.64. The van der Waals surface area contributed by atoms with E-state index in [0.717, 1.165) is 6.07 Å². The van der Waals surface area contributed by atoms with Gasteiger partial charge in [0.15, 0.2) is 6.10 Å². The molecular weight excluding hydrogens is 324 g/mol. The number of fused-ring (bicyclic) bond motifs is 1. The highest BCUT2D eigenvalue weighted by molar-refractivity contribution is 6.03. The molecule has 128 valence electrons. The van der Waals surface area contributed by atoms with Gasteiger partial charge in [0.25, 0.3) is 5.91 Å². The zero-order chi connectivity index (χ0) is 17.8. The Bertz CT molecular complexity index is 959. The summed E-state index contributed by atoms with van der Waals surface area (Å²) in [5.74, 6) is -0.602. The van der Waals surface area contributed by atoms with E-state index >= 15 is 0 Å². The number of ether oxygens (including phenoxy) is 1. The number of esters is 1. The molecular formula is C18H16N2O5. The van der Waals surface area contributed by atoms with Crippen LogP contribution < -0.4 is 10.9 Å². The lowest BCUT2D eigenvalue weighted by atomic mass is 10.1. The molecule has 0 saturated carbocycles. The summed E-state index contributed by atoms with van der Waals surface area (Å²) >= 11 is 0. The lowest BCUT2D eigenvalue weighted by Gasteiger charge is -2.13. The molecule has 0 radical (unpaired) electrons. The standard InChI is InChI=1S/C18H16N2O5/c1-11(17(22)19-10-12-5-4-8-24-12)25-18(23)14-9-16(21)20-15-7-3-2-6-13(14)15/h2-9,11H,10H2,1H3,(H,19,22)(H,20,21)/t11-/m0/s1. The van der Waals surface area contributed by atoms with E-state index in [-0.39, 0.29) is 12.1 Å². The van der Waals surface area contributed by atoms with Crippen LogP contribution in [-0.4, -0.2) is 23.0 Å². The minimum atomic E-state index is -1.01. The van der Waals surface area contributed by atoms with Crippen molar-refractivity contribution < 1.29 is 18.7 Å². The topological polar surface area (TPSA) is 101 Å². The number of aromatic amines is 1. The minimum absolute atomic E-state index is 0.116. The van der Waals surface area contributed by atoms with Crippen LogP contribution in [0.25, 0.3) is 10.9 Å². The van der Waals surface area contributed by atoms with Crippen LogP contribution in [0.5, 0.6) is 0 Å². The van der Waals surface area contributed by atoms with Gasteiger partial charge in [-0.2, -0.15) is 0 Å². The van der Waals surface area contributed by atoms with Gasteiger partial charge in [-0.1, -0.05) is 18.2 Å². The highest BCUT2D eigenvalue weighted by Crippen LogP contribution is 2.16. The molecule has 0 fully saturated rings. The maximum absolute atomic E-state index is 12.4. The monoisotopic (exact) mass is 340 g/mol. The summed E-state index contributed by atoms with van der Waals surface area (Å²) in [4.78, 5) is 38.8. The van der Waals surface area contributed by atoms with Crippen molar-refractivity contribution >= 4 is 22.8 Å². The molecule has 1 amide bonds. The van der Waals surface area contributed by atoms with Gasteiger partial charge in [-0.25, -0.2) is 4.79 Å². The quantitative estimate of drug-likeness (QED) is 0.692. The first-order valence-corrected chi connectivity index (χ1v) is 7.68. The maximum Gasteiger partial charge on any atom is 0.339 e. The number of amides is 1. The summed E-state index contributed by atoms with van der Waals surface area (Å²) in [5, 5.41) is 3.16. The fourth-order valence-electron chi connectivity index (χ4n) is 2.38. The van der Waals surface area contributed by atoms with Crippen LogP contribution in [0, 0.1) is 0 Å². The summed E-state index contributed by atoms with van der Waals surface area (Å²) in [6, 6.07) is 11.5. The molecule has 0 aliphatic heterocycles. The van der Waals surface area contributed by atoms with Gasteiger partial charge >= 0.3 is 5.97 Å². The fourth-order valence-corrected chi connectivity index (χ4v) is 2.38. The highest BCUT2D eigenvalue weighted by Gasteiger charge is 2.21. The van der Waals surface area contributed by atoms with E-state index < -0.39 is 23.5 Å². The van der Waals surface area contributed by atoms with Crippen LogP contribution in [0.4, 0.5) is 0 Å². The number of carbonyl (C=O) groups excluding carboxylic acids is 2. The molecule has 2 N–H and O–H groups in total. The van der Waals surface area contributed by atoms with Gasteiger partial charge in [-0.05, 0) is 25.1 Å². The van der Waals surface area contributed by atoms with Crippen LogP contribution >= 0.6 is 0 Å². The smallest absolute Gasteiger partial charge is 0.339 e. The number of pyridine rings is 1. The van der Waals surface area contributed by atoms with E-state index in [1.807, 2.05) is 0 Å². The molecule has 0 bridgehead atoms. The van der Waals surface area contributed by atoms with Gasteiger partial charge in [-0.15, -0.1) is 0 Å². The largest absolute Gasteiger partial charge is 0.467 e. The third-order valence-electron chi connectivity index (χ3n) is 3.64. The van der Waals surface area contributed by atoms with Gasteiger partial charge in [0.2, 0.25) is 5.56 Å². The fraction of sp³-hybridized carbons (Fsp3) is 0.167. The lowest BCUT2D eigenvalue weighted by molar-refractivity contribution is -0.129. The van der Waals surface area contributed by atoms with Crippen molar-refractivity contribution in [2.75, 3.05) is 0 Å². The molecule has 7 heteroatoms. The molecule has 0 spiro atoms. The normalized spacial score (nSPS) is 11.9. The van der Waals surface area contributed by atoms with Crippen LogP contribution in [0.15, 0.2) is 57.9 Å². The van der Waals surface area contributed by atoms with Gasteiger partial charge < -0.3 is 19.5 Å². The molecule has 2 aromatic heterocycles. The molecule has 3 rings (SSSR count). The van der Waals surface area contributed by atoms with Crippen molar-refractivity contribution in [3.63, 3.8) is 0 Å². The predicted octanol–water partition coefficient (Wildman–Crippen LogP) is 1.98. The Morgan fingerprint density at radius 2 is 2.04 bits per heavy atom. The molecule has 0 aliphatic rings. The molecule has 25 heavy (non-hydrogen) atoms. The van der Waals surface area contributed by atoms with E-state index in [2.05, 4.69) is 10.3 Å². The molecule has 1 aromatic carbocycles. The number of rotatable bonds is 5. The van der Waals surface area contributed by atoms with Crippen molar-refractivity contribution in [3.05, 3.63) is 70.4 Å². The average molecular weight is 340 g/mol. The SMILES string of the molecule is C[C@H](OC(=O)c1cc(=O)[nH]c2ccccc12)C(=O)NCc1ccco1. The number of hydrogen-bond acceptors (Lipinski definition) is 5. The number of carbonyl (C=O) groups is 2. The van der Waals surface area contributed by atoms with Crippen LogP contribution in [0.3, 0.4) is 0 Å². The average Bonchev–Trinajstić information content (AvgIpc) is 3.12. The summed E-state index contributed by atoms with van der Waals surface area (Å²) in [5.41, 5.74) is 0.225. The second-order valence-electron chi connectivity index (χ2n) is 5.44. The number of furan rings is 1. The van der Waals surface area contributed by atoms with Crippen LogP contribution in [0.1, 0.15) is 23.0 Å². The Morgan fingerprint density at radius 3 is 2.80 bits per heavy atom. The van der Waals surface area contributed by atoms with E-state index in [4.69, 9.17) is 9.15 Å². The second-order valence-corrected chi connectivity index (χ2v) is 5.44. The number of H-pyrrole nitrogens is 1. The maximum atomic E-state index is 12.4. The minimum Gasteiger partial charge on any atom is -0.467 e. The van der Waals surface area contributed by atoms with Crippen molar-refractivity contribution in [1.29, 1.82) is 0 Å². The Balaban J connectivity index is 1.71. The first-order valence-electron chi connectivity index (χ1n) is 7.68. The number of nitrogens with one attached hydrogen (secondary N) is 2. The number of hydrogen-bond donors (Lipinski definition) is 2. The molecule has 0 aliphatic carbocycles. The van der Waals surface area contributed by atoms with Crippen LogP contribution in [0.2, 0.25) is 0 Å². The van der Waals surface area contributed by atoms with Crippen molar-refractivity contribution in [2.24, 2.45) is 0 Å². The number of benzene rings is 1. The molecule has 1 atom stereocenters. The highest BCUT2D eigenvalue weighted by atomic mass is 16.5. The van der Waals surface area contributed by atoms with Gasteiger partial charge in [0.1, 0.15) is 5.76 Å². The summed E-state index contributed by atoms with van der Waals surface area (Å²) in [6.07, 6.45) is 0.490. The third kappa shape index (κ3) is 3.77. The van der Waals surface area contributed by atoms with E-state index in [1.54, 1.807) is 36.4 Å². The zero-order valence-electron chi connectivity index (χ0n) is 13.4. The van der Waals surface area contributed by atoms with Crippen molar-refractivity contribution in [2.45, 2.75) is 19.6 Å². The molecule has 2 heterocycles. The van der Waals surface area contributed by atoms with E-state index in [1.165, 1.54) is 13.2 Å². The molecule has 0 unspecified atom stereocenters. The van der Waals surface area contributed by atoms with Crippen molar-refractivity contribution in [3.8, 4) is 0 Å². The zero-order valence-corrected chi connectivity index (χ0v) is 13.4. The Labute approximate surface area is 142 Å². The number of para-hydroxylation sites is 1.